The van der Waals surface area contributed by atoms with E-state index in [1.165, 1.54) is 52.8 Å². The van der Waals surface area contributed by atoms with E-state index in [9.17, 15) is 0 Å². The molecule has 0 bridgehead atoms. The SMILES string of the molecule is c1ccc(-c2cc3ccccc3c3sc4ccc(N(c5ccccc5)c5cc6oc7ccccc7c6c6ccccc56)cc4c23)cc1. The number of rotatable bonds is 4. The molecule has 0 aliphatic rings. The maximum absolute atomic E-state index is 6.52. The maximum atomic E-state index is 6.52. The zero-order valence-corrected chi connectivity index (χ0v) is 26.2. The van der Waals surface area contributed by atoms with Crippen LogP contribution in [0, 0.1) is 0 Å². The first-order valence-electron chi connectivity index (χ1n) is 15.9. The summed E-state index contributed by atoms with van der Waals surface area (Å²) in [5, 5.41) is 9.81. The van der Waals surface area contributed by atoms with Crippen LogP contribution in [-0.4, -0.2) is 0 Å². The second kappa shape index (κ2) is 10.3. The molecule has 2 nitrogen and oxygen atoms in total. The molecule has 2 heterocycles. The zero-order valence-electron chi connectivity index (χ0n) is 25.4. The van der Waals surface area contributed by atoms with Crippen molar-refractivity contribution >= 4 is 92.1 Å². The summed E-state index contributed by atoms with van der Waals surface area (Å²) in [5.41, 5.74) is 7.59. The lowest BCUT2D eigenvalue weighted by molar-refractivity contribution is 0.669. The number of nitrogens with zero attached hydrogens (tertiary/aromatic N) is 1. The second-order valence-corrected chi connectivity index (χ2v) is 13.1. The minimum atomic E-state index is 0.890. The summed E-state index contributed by atoms with van der Waals surface area (Å²) >= 11 is 1.89. The molecule has 0 atom stereocenters. The minimum absolute atomic E-state index is 0.890. The van der Waals surface area contributed by atoms with Gasteiger partial charge in [-0.3, -0.25) is 0 Å². The van der Waals surface area contributed by atoms with Gasteiger partial charge < -0.3 is 9.32 Å². The van der Waals surface area contributed by atoms with Crippen LogP contribution >= 0.6 is 11.3 Å². The van der Waals surface area contributed by atoms with E-state index in [1.807, 2.05) is 17.4 Å². The molecular formula is C44H27NOS. The molecule has 0 unspecified atom stereocenters. The van der Waals surface area contributed by atoms with Gasteiger partial charge in [-0.2, -0.15) is 0 Å². The van der Waals surface area contributed by atoms with Crippen LogP contribution < -0.4 is 4.90 Å². The molecular weight excluding hydrogens is 591 g/mol. The Kier molecular flexibility index (Phi) is 5.78. The Hall–Kier alpha value is -5.90. The van der Waals surface area contributed by atoms with Crippen LogP contribution in [0.3, 0.4) is 0 Å². The topological polar surface area (TPSA) is 16.4 Å². The minimum Gasteiger partial charge on any atom is -0.456 e. The number of para-hydroxylation sites is 2. The molecule has 0 aliphatic heterocycles. The molecule has 2 aromatic heterocycles. The summed E-state index contributed by atoms with van der Waals surface area (Å²) in [4.78, 5) is 2.39. The van der Waals surface area contributed by atoms with Crippen molar-refractivity contribution in [3.8, 4) is 11.1 Å². The van der Waals surface area contributed by atoms with E-state index in [2.05, 4.69) is 163 Å². The lowest BCUT2D eigenvalue weighted by atomic mass is 9.95. The standard InChI is InChI=1S/C44H27NOS/c1-3-13-28(14-4-1)36-25-29-15-7-8-18-32(29)44-43(36)37-26-31(23-24-41(37)47-44)45(30-16-5-2-6-17-30)38-27-40-42(34-20-10-9-19-33(34)38)35-21-11-12-22-39(35)46-40/h1-27H. The van der Waals surface area contributed by atoms with E-state index >= 15 is 0 Å². The van der Waals surface area contributed by atoms with Gasteiger partial charge in [0.25, 0.3) is 0 Å². The van der Waals surface area contributed by atoms with E-state index < -0.39 is 0 Å². The largest absolute Gasteiger partial charge is 0.456 e. The molecule has 8 aromatic carbocycles. The highest BCUT2D eigenvalue weighted by molar-refractivity contribution is 7.26. The summed E-state index contributed by atoms with van der Waals surface area (Å²) in [7, 11) is 0. The third-order valence-electron chi connectivity index (χ3n) is 9.41. The summed E-state index contributed by atoms with van der Waals surface area (Å²) in [6.45, 7) is 0. The Bertz CT molecular complexity index is 2790. The van der Waals surface area contributed by atoms with Crippen molar-refractivity contribution in [2.24, 2.45) is 0 Å². The van der Waals surface area contributed by atoms with Gasteiger partial charge in [-0.25, -0.2) is 0 Å². The van der Waals surface area contributed by atoms with Crippen LogP contribution in [0.1, 0.15) is 0 Å². The fourth-order valence-electron chi connectivity index (χ4n) is 7.34. The number of furan rings is 1. The molecule has 3 heteroatoms. The van der Waals surface area contributed by atoms with Gasteiger partial charge in [0.15, 0.2) is 0 Å². The Balaban J connectivity index is 1.30. The van der Waals surface area contributed by atoms with Gasteiger partial charge >= 0.3 is 0 Å². The lowest BCUT2D eigenvalue weighted by Gasteiger charge is -2.27. The molecule has 10 aromatic rings. The summed E-state index contributed by atoms with van der Waals surface area (Å²) < 4.78 is 9.13. The monoisotopic (exact) mass is 617 g/mol. The number of hydrogen-bond donors (Lipinski definition) is 0. The van der Waals surface area contributed by atoms with Crippen LogP contribution in [0.4, 0.5) is 17.1 Å². The van der Waals surface area contributed by atoms with Crippen LogP contribution in [0.15, 0.2) is 168 Å². The molecule has 0 aliphatic carbocycles. The quantitative estimate of drug-likeness (QED) is 0.195. The van der Waals surface area contributed by atoms with Crippen LogP contribution in [0.5, 0.6) is 0 Å². The lowest BCUT2D eigenvalue weighted by Crippen LogP contribution is -2.10. The molecule has 0 spiro atoms. The predicted octanol–water partition coefficient (Wildman–Crippen LogP) is 13.4. The zero-order chi connectivity index (χ0) is 30.9. The first kappa shape index (κ1) is 26.3. The first-order chi connectivity index (χ1) is 23.3. The number of hydrogen-bond acceptors (Lipinski definition) is 3. The third kappa shape index (κ3) is 4.04. The Morgan fingerprint density at radius 2 is 1.13 bits per heavy atom. The van der Waals surface area contributed by atoms with Crippen molar-refractivity contribution in [1.29, 1.82) is 0 Å². The Labute approximate surface area is 275 Å². The van der Waals surface area contributed by atoms with Gasteiger partial charge in [-0.05, 0) is 69.8 Å². The van der Waals surface area contributed by atoms with Gasteiger partial charge in [-0.15, -0.1) is 11.3 Å². The molecule has 0 saturated carbocycles. The molecule has 220 valence electrons. The summed E-state index contributed by atoms with van der Waals surface area (Å²) in [6.07, 6.45) is 0. The highest BCUT2D eigenvalue weighted by Gasteiger charge is 2.22. The fourth-order valence-corrected chi connectivity index (χ4v) is 8.59. The number of fused-ring (bicyclic) bond motifs is 10. The normalized spacial score (nSPS) is 11.8. The highest BCUT2D eigenvalue weighted by atomic mass is 32.1. The molecule has 47 heavy (non-hydrogen) atoms. The van der Waals surface area contributed by atoms with E-state index in [4.69, 9.17) is 4.42 Å². The first-order valence-corrected chi connectivity index (χ1v) is 16.7. The Morgan fingerprint density at radius 3 is 1.96 bits per heavy atom. The van der Waals surface area contributed by atoms with Gasteiger partial charge in [0.2, 0.25) is 0 Å². The average molecular weight is 618 g/mol. The maximum Gasteiger partial charge on any atom is 0.138 e. The van der Waals surface area contributed by atoms with E-state index in [0.29, 0.717) is 0 Å². The summed E-state index contributed by atoms with van der Waals surface area (Å²) in [5.74, 6) is 0. The molecule has 0 fully saturated rings. The predicted molar refractivity (Wildman–Crippen MR) is 202 cm³/mol. The van der Waals surface area contributed by atoms with Crippen molar-refractivity contribution in [3.05, 3.63) is 164 Å². The highest BCUT2D eigenvalue weighted by Crippen LogP contribution is 2.48. The van der Waals surface area contributed by atoms with Crippen molar-refractivity contribution in [2.75, 3.05) is 4.90 Å². The molecule has 0 amide bonds. The molecule has 10 rings (SSSR count). The van der Waals surface area contributed by atoms with E-state index in [0.717, 1.165) is 39.0 Å². The molecule has 0 radical (unpaired) electrons. The fraction of sp³-hybridized carbons (Fsp3) is 0. The van der Waals surface area contributed by atoms with Crippen molar-refractivity contribution in [2.45, 2.75) is 0 Å². The van der Waals surface area contributed by atoms with Gasteiger partial charge in [0.05, 0.1) is 5.69 Å². The Morgan fingerprint density at radius 1 is 0.447 bits per heavy atom. The van der Waals surface area contributed by atoms with Crippen LogP contribution in [0.25, 0.3) is 74.8 Å². The van der Waals surface area contributed by atoms with E-state index in [1.54, 1.807) is 0 Å². The number of anilines is 3. The van der Waals surface area contributed by atoms with Gasteiger partial charge in [0.1, 0.15) is 11.2 Å². The van der Waals surface area contributed by atoms with Gasteiger partial charge in [0, 0.05) is 53.8 Å². The number of benzene rings is 8. The number of thiophene rings is 1. The average Bonchev–Trinajstić information content (AvgIpc) is 3.71. The van der Waals surface area contributed by atoms with Crippen LogP contribution in [-0.2, 0) is 0 Å². The van der Waals surface area contributed by atoms with Gasteiger partial charge in [-0.1, -0.05) is 115 Å². The third-order valence-corrected chi connectivity index (χ3v) is 10.6. The molecule has 0 N–H and O–H groups in total. The summed E-state index contributed by atoms with van der Waals surface area (Å²) in [6, 6.07) is 58.9. The molecule has 0 saturated heterocycles. The van der Waals surface area contributed by atoms with E-state index in [-0.39, 0.29) is 0 Å². The smallest absolute Gasteiger partial charge is 0.138 e. The van der Waals surface area contributed by atoms with Crippen molar-refractivity contribution < 1.29 is 4.42 Å². The van der Waals surface area contributed by atoms with Crippen molar-refractivity contribution in [3.63, 3.8) is 0 Å². The van der Waals surface area contributed by atoms with Crippen molar-refractivity contribution in [1.82, 2.24) is 0 Å². The van der Waals surface area contributed by atoms with Crippen LogP contribution in [0.2, 0.25) is 0 Å². The second-order valence-electron chi connectivity index (χ2n) is 12.1.